The van der Waals surface area contributed by atoms with Gasteiger partial charge in [-0.25, -0.2) is 8.78 Å². The molecule has 0 unspecified atom stereocenters. The van der Waals surface area contributed by atoms with Crippen LogP contribution >= 0.6 is 0 Å². The van der Waals surface area contributed by atoms with Gasteiger partial charge in [-0.3, -0.25) is 4.90 Å². The fraction of sp³-hybridized carbons (Fsp3) is 0.684. The second kappa shape index (κ2) is 15.7. The fourth-order valence-electron chi connectivity index (χ4n) is 2.01. The molecule has 135 valence electrons. The van der Waals surface area contributed by atoms with Crippen LogP contribution in [0, 0.1) is 0 Å². The van der Waals surface area contributed by atoms with Gasteiger partial charge in [0.1, 0.15) is 12.3 Å². The van der Waals surface area contributed by atoms with E-state index in [1.807, 2.05) is 24.8 Å². The van der Waals surface area contributed by atoms with Gasteiger partial charge in [0.2, 0.25) is 0 Å². The van der Waals surface area contributed by atoms with Crippen LogP contribution in [0.3, 0.4) is 0 Å². The van der Waals surface area contributed by atoms with Crippen molar-refractivity contribution in [3.8, 4) is 0 Å². The van der Waals surface area contributed by atoms with Crippen LogP contribution in [-0.2, 0) is 32.7 Å². The molecule has 1 aliphatic heterocycles. The monoisotopic (exact) mass is 406 g/mol. The first kappa shape index (κ1) is 31.0. The molecule has 23 heavy (non-hydrogen) atoms. The summed E-state index contributed by atoms with van der Waals surface area (Å²) in [5.41, 5.74) is 1.41. The zero-order valence-electron chi connectivity index (χ0n) is 12.9. The maximum absolute atomic E-state index is 12.5. The van der Waals surface area contributed by atoms with Gasteiger partial charge in [-0.1, -0.05) is 66.5 Å². The van der Waals surface area contributed by atoms with Crippen molar-refractivity contribution in [1.82, 2.24) is 4.90 Å². The van der Waals surface area contributed by atoms with E-state index in [0.717, 1.165) is 0 Å². The molecule has 0 saturated carbocycles. The summed E-state index contributed by atoms with van der Waals surface area (Å²) in [7, 11) is 0. The van der Waals surface area contributed by atoms with Gasteiger partial charge in [-0.15, -0.1) is 0 Å². The largest absolute Gasteiger partial charge is 0.295 e. The molecule has 2 rings (SSSR count). The number of halogens is 2. The van der Waals surface area contributed by atoms with Crippen LogP contribution in [0.4, 0.5) is 8.78 Å². The second-order valence-corrected chi connectivity index (χ2v) is 5.65. The number of rotatable bonds is 2. The average Bonchev–Trinajstić information content (AvgIpc) is 2.72. The van der Waals surface area contributed by atoms with E-state index in [4.69, 9.17) is 0 Å². The van der Waals surface area contributed by atoms with E-state index >= 15 is 0 Å². The maximum Gasteiger partial charge on any atom is 0.145 e. The van der Waals surface area contributed by atoms with Crippen molar-refractivity contribution in [2.24, 2.45) is 0 Å². The second-order valence-electron chi connectivity index (χ2n) is 5.65. The summed E-state index contributed by atoms with van der Waals surface area (Å²) < 4.78 is 25.0. The van der Waals surface area contributed by atoms with Gasteiger partial charge < -0.3 is 0 Å². The van der Waals surface area contributed by atoms with Gasteiger partial charge in [0.05, 0.1) is 0 Å². The van der Waals surface area contributed by atoms with Crippen molar-refractivity contribution in [1.29, 1.82) is 0 Å². The zero-order chi connectivity index (χ0) is 14.4. The van der Waals surface area contributed by atoms with Crippen molar-refractivity contribution < 1.29 is 41.5 Å². The van der Waals surface area contributed by atoms with E-state index in [0.29, 0.717) is 5.92 Å². The molecule has 0 spiro atoms. The summed E-state index contributed by atoms with van der Waals surface area (Å²) in [6, 6.07) is 10.8. The summed E-state index contributed by atoms with van der Waals surface area (Å²) in [6.07, 6.45) is -2.52. The maximum atomic E-state index is 12.5. The Morgan fingerprint density at radius 3 is 1.48 bits per heavy atom. The van der Waals surface area contributed by atoms with E-state index in [2.05, 4.69) is 38.1 Å². The number of hydrogen-bond acceptors (Lipinski definition) is 1. The first-order valence-electron chi connectivity index (χ1n) is 6.99. The smallest absolute Gasteiger partial charge is 0.145 e. The van der Waals surface area contributed by atoms with Crippen molar-refractivity contribution in [2.45, 2.75) is 74.3 Å². The number of alkyl halides is 2. The summed E-state index contributed by atoms with van der Waals surface area (Å²) in [5.74, 6) is 0.659. The first-order chi connectivity index (χ1) is 8.91. The molecule has 0 aromatic heterocycles. The molecule has 0 bridgehead atoms. The Morgan fingerprint density at radius 1 is 0.870 bits per heavy atom. The van der Waals surface area contributed by atoms with E-state index < -0.39 is 12.3 Å². The van der Waals surface area contributed by atoms with Gasteiger partial charge in [0, 0.05) is 51.8 Å². The standard InChI is InChI=1S/C9H12.C7H13F2N.3CH4.Y/c1-8(2)9-6-4-3-5-7-9;1-5(2)10-3-6(8)7(9)4-10;;;;/h3-8H,1-2H3;5-7H,3-4H2,1-2H3;3*1H4;/t;6-,7-;;;;/m.1..../s1. The molecule has 1 radical (unpaired) electrons. The molecule has 4 heteroatoms. The van der Waals surface area contributed by atoms with Gasteiger partial charge in [0.15, 0.2) is 0 Å². The topological polar surface area (TPSA) is 3.24 Å². The Morgan fingerprint density at radius 2 is 1.26 bits per heavy atom. The Balaban J connectivity index is -0.000000134. The van der Waals surface area contributed by atoms with E-state index in [1.165, 1.54) is 5.56 Å². The summed E-state index contributed by atoms with van der Waals surface area (Å²) in [6.45, 7) is 8.83. The number of hydrogen-bond donors (Lipinski definition) is 0. The molecule has 1 fully saturated rings. The molecule has 1 aromatic carbocycles. The SMILES string of the molecule is C.C.C.CC(C)N1C[C@@H](F)[C@H](F)C1.CC(C)c1ccccc1.[Y]. The number of benzene rings is 1. The Labute approximate surface area is 169 Å². The Hall–Kier alpha value is 0.144. The van der Waals surface area contributed by atoms with Crippen LogP contribution in [0.5, 0.6) is 0 Å². The third-order valence-electron chi connectivity index (χ3n) is 3.41. The average molecular weight is 406 g/mol. The quantitative estimate of drug-likeness (QED) is 0.573. The minimum Gasteiger partial charge on any atom is -0.295 e. The van der Waals surface area contributed by atoms with E-state index in [9.17, 15) is 8.78 Å². The zero-order valence-corrected chi connectivity index (χ0v) is 15.7. The van der Waals surface area contributed by atoms with Gasteiger partial charge >= 0.3 is 0 Å². The van der Waals surface area contributed by atoms with Gasteiger partial charge in [-0.2, -0.15) is 0 Å². The molecule has 2 atom stereocenters. The predicted molar refractivity (Wildman–Crippen MR) is 97.2 cm³/mol. The van der Waals surface area contributed by atoms with Crippen LogP contribution in [-0.4, -0.2) is 36.4 Å². The molecular formula is C19H37F2NY. The summed E-state index contributed by atoms with van der Waals surface area (Å²) in [4.78, 5) is 1.81. The summed E-state index contributed by atoms with van der Waals surface area (Å²) in [5, 5.41) is 0. The van der Waals surface area contributed by atoms with Crippen LogP contribution in [0.2, 0.25) is 0 Å². The molecular weight excluding hydrogens is 369 g/mol. The molecule has 0 N–H and O–H groups in total. The van der Waals surface area contributed by atoms with Gasteiger partial charge in [0.25, 0.3) is 0 Å². The number of nitrogens with zero attached hydrogens (tertiary/aromatic N) is 1. The Bertz CT molecular complexity index is 348. The molecule has 1 aromatic rings. The molecule has 1 aliphatic rings. The van der Waals surface area contributed by atoms with Crippen LogP contribution in [0.15, 0.2) is 30.3 Å². The normalized spacial score (nSPS) is 19.5. The predicted octanol–water partition coefficient (Wildman–Crippen LogP) is 6.10. The fourth-order valence-corrected chi connectivity index (χ4v) is 2.01. The third kappa shape index (κ3) is 11.3. The van der Waals surface area contributed by atoms with E-state index in [-0.39, 0.29) is 74.1 Å². The molecule has 1 nitrogen and oxygen atoms in total. The van der Waals surface area contributed by atoms with Crippen LogP contribution in [0.1, 0.15) is 61.5 Å². The third-order valence-corrected chi connectivity index (χ3v) is 3.41. The van der Waals surface area contributed by atoms with Crippen LogP contribution in [0.25, 0.3) is 0 Å². The minimum atomic E-state index is -1.26. The van der Waals surface area contributed by atoms with Crippen molar-refractivity contribution in [3.05, 3.63) is 35.9 Å². The molecule has 1 heterocycles. The van der Waals surface area contributed by atoms with Crippen molar-refractivity contribution in [3.63, 3.8) is 0 Å². The van der Waals surface area contributed by atoms with Crippen molar-refractivity contribution >= 4 is 0 Å². The first-order valence-corrected chi connectivity index (χ1v) is 6.99. The Kier molecular flexibility index (Phi) is 21.1. The molecule has 0 aliphatic carbocycles. The van der Waals surface area contributed by atoms with Crippen molar-refractivity contribution in [2.75, 3.05) is 13.1 Å². The van der Waals surface area contributed by atoms with Gasteiger partial charge in [-0.05, 0) is 25.3 Å². The minimum absolute atomic E-state index is 0. The summed E-state index contributed by atoms with van der Waals surface area (Å²) >= 11 is 0. The molecule has 0 amide bonds. The van der Waals surface area contributed by atoms with Crippen LogP contribution < -0.4 is 0 Å². The number of likely N-dealkylation sites (tertiary alicyclic amines) is 1. The van der Waals surface area contributed by atoms with E-state index in [1.54, 1.807) is 0 Å². The molecule has 1 saturated heterocycles.